The van der Waals surface area contributed by atoms with E-state index in [0.717, 1.165) is 16.7 Å². The number of hydrogen-bond donors (Lipinski definition) is 1. The highest BCUT2D eigenvalue weighted by molar-refractivity contribution is 8.18. The van der Waals surface area contributed by atoms with Gasteiger partial charge in [-0.1, -0.05) is 29.3 Å². The second-order valence-corrected chi connectivity index (χ2v) is 6.97. The number of benzene rings is 1. The van der Waals surface area contributed by atoms with Crippen molar-refractivity contribution in [2.45, 2.75) is 6.42 Å². The van der Waals surface area contributed by atoms with Crippen molar-refractivity contribution in [1.82, 2.24) is 10.2 Å². The maximum Gasteiger partial charge on any atom is 0.294 e. The van der Waals surface area contributed by atoms with Crippen LogP contribution in [0, 0.1) is 0 Å². The maximum atomic E-state index is 12.4. The van der Waals surface area contributed by atoms with Crippen LogP contribution in [0.1, 0.15) is 12.0 Å². The minimum atomic E-state index is -0.520. The van der Waals surface area contributed by atoms with Gasteiger partial charge in [0.2, 0.25) is 5.91 Å². The lowest BCUT2D eigenvalue weighted by atomic mass is 10.2. The normalized spacial score (nSPS) is 16.0. The predicted molar refractivity (Wildman–Crippen MR) is 98.6 cm³/mol. The molecule has 0 spiro atoms. The third-order valence-corrected chi connectivity index (χ3v) is 4.74. The number of imide groups is 1. The molecule has 25 heavy (non-hydrogen) atoms. The SMILES string of the molecule is COCCCNC(=O)CN1C(=O)S/C(=C\c2ccc(Cl)cc2Cl)C1=O. The second kappa shape index (κ2) is 9.24. The Morgan fingerprint density at radius 2 is 2.12 bits per heavy atom. The van der Waals surface area contributed by atoms with Crippen LogP contribution in [0.2, 0.25) is 10.0 Å². The van der Waals surface area contributed by atoms with Gasteiger partial charge in [-0.15, -0.1) is 0 Å². The molecule has 0 unspecified atom stereocenters. The van der Waals surface area contributed by atoms with Crippen LogP contribution in [0.4, 0.5) is 4.79 Å². The number of nitrogens with one attached hydrogen (secondary N) is 1. The molecule has 1 aromatic carbocycles. The van der Waals surface area contributed by atoms with E-state index in [1.165, 1.54) is 6.08 Å². The van der Waals surface area contributed by atoms with Gasteiger partial charge >= 0.3 is 0 Å². The van der Waals surface area contributed by atoms with Crippen LogP contribution in [0.15, 0.2) is 23.1 Å². The van der Waals surface area contributed by atoms with Gasteiger partial charge in [0.1, 0.15) is 6.54 Å². The maximum absolute atomic E-state index is 12.4. The molecule has 9 heteroatoms. The van der Waals surface area contributed by atoms with E-state index in [9.17, 15) is 14.4 Å². The van der Waals surface area contributed by atoms with Gasteiger partial charge in [0.15, 0.2) is 0 Å². The zero-order valence-electron chi connectivity index (χ0n) is 13.4. The number of methoxy groups -OCH3 is 1. The fraction of sp³-hybridized carbons (Fsp3) is 0.312. The molecule has 1 aromatic rings. The Bertz CT molecular complexity index is 724. The van der Waals surface area contributed by atoms with Crippen LogP contribution in [-0.2, 0) is 14.3 Å². The van der Waals surface area contributed by atoms with Crippen LogP contribution >= 0.6 is 35.0 Å². The highest BCUT2D eigenvalue weighted by Gasteiger charge is 2.36. The molecular weight excluding hydrogens is 387 g/mol. The zero-order chi connectivity index (χ0) is 18.4. The topological polar surface area (TPSA) is 75.7 Å². The Balaban J connectivity index is 2.01. The lowest BCUT2D eigenvalue weighted by Gasteiger charge is -2.12. The van der Waals surface area contributed by atoms with E-state index >= 15 is 0 Å². The molecule has 1 aliphatic heterocycles. The summed E-state index contributed by atoms with van der Waals surface area (Å²) in [6.07, 6.45) is 2.17. The predicted octanol–water partition coefficient (Wildman–Crippen LogP) is 3.18. The molecule has 0 aliphatic carbocycles. The molecule has 0 atom stereocenters. The first-order valence-electron chi connectivity index (χ1n) is 7.38. The zero-order valence-corrected chi connectivity index (χ0v) is 15.7. The summed E-state index contributed by atoms with van der Waals surface area (Å²) in [6.45, 7) is 0.620. The molecule has 0 aromatic heterocycles. The van der Waals surface area contributed by atoms with Crippen molar-refractivity contribution in [2.75, 3.05) is 26.8 Å². The molecule has 1 N–H and O–H groups in total. The van der Waals surface area contributed by atoms with Gasteiger partial charge in [0.05, 0.1) is 4.91 Å². The molecule has 1 aliphatic rings. The molecule has 1 saturated heterocycles. The first-order chi connectivity index (χ1) is 11.9. The summed E-state index contributed by atoms with van der Waals surface area (Å²) in [5.41, 5.74) is 0.570. The highest BCUT2D eigenvalue weighted by atomic mass is 35.5. The van der Waals surface area contributed by atoms with Crippen molar-refractivity contribution < 1.29 is 19.1 Å². The van der Waals surface area contributed by atoms with Crippen LogP contribution in [0.5, 0.6) is 0 Å². The van der Waals surface area contributed by atoms with Crippen LogP contribution in [0.3, 0.4) is 0 Å². The van der Waals surface area contributed by atoms with Gasteiger partial charge in [0, 0.05) is 30.3 Å². The van der Waals surface area contributed by atoms with E-state index in [1.54, 1.807) is 25.3 Å². The Kier molecular flexibility index (Phi) is 7.31. The van der Waals surface area contributed by atoms with Gasteiger partial charge in [0.25, 0.3) is 11.1 Å². The summed E-state index contributed by atoms with van der Waals surface area (Å²) in [7, 11) is 1.57. The Morgan fingerprint density at radius 1 is 1.36 bits per heavy atom. The van der Waals surface area contributed by atoms with Crippen LogP contribution < -0.4 is 5.32 Å². The summed E-state index contributed by atoms with van der Waals surface area (Å²) in [5, 5.41) is 2.99. The van der Waals surface area contributed by atoms with E-state index in [1.807, 2.05) is 0 Å². The van der Waals surface area contributed by atoms with Gasteiger partial charge in [-0.2, -0.15) is 0 Å². The van der Waals surface area contributed by atoms with Gasteiger partial charge in [-0.3, -0.25) is 19.3 Å². The highest BCUT2D eigenvalue weighted by Crippen LogP contribution is 2.33. The van der Waals surface area contributed by atoms with E-state index in [4.69, 9.17) is 27.9 Å². The third kappa shape index (κ3) is 5.47. The van der Waals surface area contributed by atoms with Gasteiger partial charge in [-0.05, 0) is 42.0 Å². The fourth-order valence-corrected chi connectivity index (χ4v) is 3.33. The smallest absolute Gasteiger partial charge is 0.294 e. The summed E-state index contributed by atoms with van der Waals surface area (Å²) >= 11 is 12.7. The quantitative estimate of drug-likeness (QED) is 0.559. The first kappa shape index (κ1) is 19.8. The van der Waals surface area contributed by atoms with Crippen molar-refractivity contribution in [3.05, 3.63) is 38.7 Å². The van der Waals surface area contributed by atoms with E-state index in [2.05, 4.69) is 5.32 Å². The number of carbonyl (C=O) groups excluding carboxylic acids is 3. The molecular formula is C16H16Cl2N2O4S. The monoisotopic (exact) mass is 402 g/mol. The molecule has 6 nitrogen and oxygen atoms in total. The molecule has 0 bridgehead atoms. The summed E-state index contributed by atoms with van der Waals surface area (Å²) < 4.78 is 4.88. The number of thioether (sulfide) groups is 1. The standard InChI is InChI=1S/C16H16Cl2N2O4S/c1-24-6-2-5-19-14(21)9-20-15(22)13(25-16(20)23)7-10-3-4-11(17)8-12(10)18/h3-4,7-8H,2,5-6,9H2,1H3,(H,19,21)/b13-7-. The molecule has 2 rings (SSSR count). The molecule has 3 amide bonds. The van der Waals surface area contributed by atoms with Crippen LogP contribution in [0.25, 0.3) is 6.08 Å². The van der Waals surface area contributed by atoms with E-state index in [0.29, 0.717) is 35.2 Å². The number of ether oxygens (including phenoxy) is 1. The van der Waals surface area contributed by atoms with Gasteiger partial charge in [-0.25, -0.2) is 0 Å². The Hall–Kier alpha value is -1.54. The van der Waals surface area contributed by atoms with Crippen molar-refractivity contribution in [3.63, 3.8) is 0 Å². The molecule has 1 heterocycles. The van der Waals surface area contributed by atoms with E-state index < -0.39 is 17.1 Å². The number of hydrogen-bond acceptors (Lipinski definition) is 5. The lowest BCUT2D eigenvalue weighted by molar-refractivity contribution is -0.129. The fourth-order valence-electron chi connectivity index (χ4n) is 2.04. The molecule has 0 saturated carbocycles. The summed E-state index contributed by atoms with van der Waals surface area (Å²) in [5.74, 6) is -0.919. The average molecular weight is 403 g/mol. The summed E-state index contributed by atoms with van der Waals surface area (Å²) in [6, 6.07) is 4.84. The number of amides is 3. The molecule has 1 fully saturated rings. The van der Waals surface area contributed by atoms with Gasteiger partial charge < -0.3 is 10.1 Å². The third-order valence-electron chi connectivity index (χ3n) is 3.27. The van der Waals surface area contributed by atoms with Crippen molar-refractivity contribution >= 4 is 58.1 Å². The van der Waals surface area contributed by atoms with Crippen molar-refractivity contribution in [1.29, 1.82) is 0 Å². The lowest BCUT2D eigenvalue weighted by Crippen LogP contribution is -2.39. The van der Waals surface area contributed by atoms with E-state index in [-0.39, 0.29) is 11.4 Å². The van der Waals surface area contributed by atoms with Crippen molar-refractivity contribution in [2.24, 2.45) is 0 Å². The number of nitrogens with zero attached hydrogens (tertiary/aromatic N) is 1. The Labute approximate surface area is 159 Å². The molecule has 134 valence electrons. The average Bonchev–Trinajstić information content (AvgIpc) is 2.82. The Morgan fingerprint density at radius 3 is 2.80 bits per heavy atom. The first-order valence-corrected chi connectivity index (χ1v) is 8.95. The largest absolute Gasteiger partial charge is 0.385 e. The second-order valence-electron chi connectivity index (χ2n) is 5.13. The number of carbonyl (C=O) groups is 3. The summed E-state index contributed by atoms with van der Waals surface area (Å²) in [4.78, 5) is 37.3. The van der Waals surface area contributed by atoms with Crippen LogP contribution in [-0.4, -0.2) is 48.8 Å². The number of rotatable bonds is 7. The minimum Gasteiger partial charge on any atom is -0.385 e. The van der Waals surface area contributed by atoms with Crippen molar-refractivity contribution in [3.8, 4) is 0 Å². The molecule has 0 radical (unpaired) electrons. The number of halogens is 2. The minimum absolute atomic E-state index is 0.210.